The van der Waals surface area contributed by atoms with Crippen molar-refractivity contribution >= 4 is 36.0 Å². The molecule has 1 aromatic rings. The van der Waals surface area contributed by atoms with Crippen LogP contribution in [0.15, 0.2) is 30.3 Å². The molecule has 5 nitrogen and oxygen atoms in total. The predicted molar refractivity (Wildman–Crippen MR) is 101 cm³/mol. The number of carbonyl (C=O) groups is 2. The molecule has 1 aromatic carbocycles. The van der Waals surface area contributed by atoms with Crippen molar-refractivity contribution < 1.29 is 9.59 Å². The van der Waals surface area contributed by atoms with Crippen LogP contribution in [0.3, 0.4) is 0 Å². The van der Waals surface area contributed by atoms with E-state index in [1.807, 2.05) is 51.1 Å². The summed E-state index contributed by atoms with van der Waals surface area (Å²) in [5.74, 6) is 1.08. The second-order valence-electron chi connectivity index (χ2n) is 6.80. The van der Waals surface area contributed by atoms with Crippen molar-refractivity contribution in [2.75, 3.05) is 18.2 Å². The summed E-state index contributed by atoms with van der Waals surface area (Å²) < 4.78 is 0. The molecule has 2 unspecified atom stereocenters. The van der Waals surface area contributed by atoms with E-state index in [4.69, 9.17) is 5.73 Å². The van der Waals surface area contributed by atoms with E-state index in [2.05, 4.69) is 5.32 Å². The highest BCUT2D eigenvalue weighted by Gasteiger charge is 2.38. The summed E-state index contributed by atoms with van der Waals surface area (Å²) in [4.78, 5) is 26.6. The lowest BCUT2D eigenvalue weighted by atomic mass is 9.94. The summed E-state index contributed by atoms with van der Waals surface area (Å²) in [6, 6.07) is 9.01. The lowest BCUT2D eigenvalue weighted by Gasteiger charge is -2.29. The number of nitrogens with one attached hydrogen (secondary N) is 1. The van der Waals surface area contributed by atoms with Crippen molar-refractivity contribution in [2.24, 2.45) is 11.1 Å². The van der Waals surface area contributed by atoms with Gasteiger partial charge in [0.05, 0.1) is 5.88 Å². The topological polar surface area (TPSA) is 75.4 Å². The Kier molecular flexibility index (Phi) is 7.57. The number of hydrogen-bond donors (Lipinski definition) is 2. The SMILES string of the molecule is CC(C)(C)C(=O)N1CSCC1C(=O)NCC(N)c1ccccc1.Cl. The van der Waals surface area contributed by atoms with Gasteiger partial charge in [0.15, 0.2) is 0 Å². The average Bonchev–Trinajstić information content (AvgIpc) is 3.00. The van der Waals surface area contributed by atoms with E-state index in [0.717, 1.165) is 5.56 Å². The van der Waals surface area contributed by atoms with Crippen molar-refractivity contribution in [3.05, 3.63) is 35.9 Å². The Hall–Kier alpha value is -1.24. The smallest absolute Gasteiger partial charge is 0.243 e. The number of amides is 2. The fourth-order valence-electron chi connectivity index (χ4n) is 2.44. The van der Waals surface area contributed by atoms with Crippen LogP contribution in [0.1, 0.15) is 32.4 Å². The number of nitrogens with two attached hydrogens (primary N) is 1. The van der Waals surface area contributed by atoms with Gasteiger partial charge in [-0.15, -0.1) is 24.2 Å². The molecule has 1 heterocycles. The first-order valence-electron chi connectivity index (χ1n) is 7.78. The third kappa shape index (κ3) is 5.13. The van der Waals surface area contributed by atoms with Crippen LogP contribution in [0.4, 0.5) is 0 Å². The summed E-state index contributed by atoms with van der Waals surface area (Å²) >= 11 is 1.61. The quantitative estimate of drug-likeness (QED) is 0.850. The van der Waals surface area contributed by atoms with Gasteiger partial charge in [-0.05, 0) is 5.56 Å². The molecule has 1 saturated heterocycles. The lowest BCUT2D eigenvalue weighted by Crippen LogP contribution is -2.51. The van der Waals surface area contributed by atoms with E-state index >= 15 is 0 Å². The second kappa shape index (κ2) is 8.74. The highest BCUT2D eigenvalue weighted by Crippen LogP contribution is 2.27. The van der Waals surface area contributed by atoms with E-state index in [1.54, 1.807) is 16.7 Å². The molecular formula is C17H26ClN3O2S. The molecule has 2 rings (SSSR count). The molecular weight excluding hydrogens is 346 g/mol. The average molecular weight is 372 g/mol. The fourth-order valence-corrected chi connectivity index (χ4v) is 3.59. The molecule has 0 aromatic heterocycles. The minimum absolute atomic E-state index is 0. The van der Waals surface area contributed by atoms with Crippen molar-refractivity contribution in [3.63, 3.8) is 0 Å². The molecule has 7 heteroatoms. The highest BCUT2D eigenvalue weighted by atomic mass is 35.5. The fraction of sp³-hybridized carbons (Fsp3) is 0.529. The number of hydrogen-bond acceptors (Lipinski definition) is 4. The molecule has 1 aliphatic rings. The standard InChI is InChI=1S/C17H25N3O2S.ClH/c1-17(2,3)16(22)20-11-23-10-14(20)15(21)19-9-13(18)12-7-5-4-6-8-12;/h4-8,13-14H,9-11,18H2,1-3H3,(H,19,21);1H. The zero-order valence-electron chi connectivity index (χ0n) is 14.3. The summed E-state index contributed by atoms with van der Waals surface area (Å²) in [6.07, 6.45) is 0. The van der Waals surface area contributed by atoms with Crippen LogP contribution in [0, 0.1) is 5.41 Å². The van der Waals surface area contributed by atoms with Gasteiger partial charge in [0.1, 0.15) is 6.04 Å². The van der Waals surface area contributed by atoms with Crippen molar-refractivity contribution in [1.82, 2.24) is 10.2 Å². The minimum Gasteiger partial charge on any atom is -0.352 e. The van der Waals surface area contributed by atoms with Gasteiger partial charge >= 0.3 is 0 Å². The molecule has 134 valence electrons. The van der Waals surface area contributed by atoms with Crippen LogP contribution in [-0.4, -0.2) is 40.9 Å². The third-order valence-electron chi connectivity index (χ3n) is 3.81. The Morgan fingerprint density at radius 1 is 1.33 bits per heavy atom. The lowest BCUT2D eigenvalue weighted by molar-refractivity contribution is -0.144. The first-order chi connectivity index (χ1) is 10.8. The van der Waals surface area contributed by atoms with Gasteiger partial charge < -0.3 is 16.0 Å². The molecule has 3 N–H and O–H groups in total. The van der Waals surface area contributed by atoms with E-state index in [9.17, 15) is 9.59 Å². The van der Waals surface area contributed by atoms with Gasteiger partial charge in [0.2, 0.25) is 11.8 Å². The van der Waals surface area contributed by atoms with Gasteiger partial charge in [-0.25, -0.2) is 0 Å². The largest absolute Gasteiger partial charge is 0.352 e. The Balaban J connectivity index is 0.00000288. The maximum atomic E-state index is 12.4. The molecule has 0 saturated carbocycles. The number of benzene rings is 1. The molecule has 2 amide bonds. The molecule has 2 atom stereocenters. The highest BCUT2D eigenvalue weighted by molar-refractivity contribution is 7.99. The van der Waals surface area contributed by atoms with E-state index in [1.165, 1.54) is 0 Å². The van der Waals surface area contributed by atoms with Gasteiger partial charge in [0.25, 0.3) is 0 Å². The number of rotatable bonds is 4. The molecule has 24 heavy (non-hydrogen) atoms. The first-order valence-corrected chi connectivity index (χ1v) is 8.93. The Morgan fingerprint density at radius 2 is 1.96 bits per heavy atom. The van der Waals surface area contributed by atoms with Crippen LogP contribution in [0.25, 0.3) is 0 Å². The monoisotopic (exact) mass is 371 g/mol. The van der Waals surface area contributed by atoms with Crippen LogP contribution in [0.5, 0.6) is 0 Å². The Bertz CT molecular complexity index is 563. The first kappa shape index (κ1) is 20.8. The van der Waals surface area contributed by atoms with E-state index < -0.39 is 11.5 Å². The predicted octanol–water partition coefficient (Wildman–Crippen LogP) is 2.17. The van der Waals surface area contributed by atoms with Gasteiger partial charge in [0, 0.05) is 23.8 Å². The molecule has 1 aliphatic heterocycles. The normalized spacial score (nSPS) is 18.7. The zero-order valence-corrected chi connectivity index (χ0v) is 16.0. The van der Waals surface area contributed by atoms with Gasteiger partial charge in [-0.2, -0.15) is 0 Å². The molecule has 0 bridgehead atoms. The molecule has 0 radical (unpaired) electrons. The summed E-state index contributed by atoms with van der Waals surface area (Å²) in [6.45, 7) is 5.98. The Morgan fingerprint density at radius 3 is 2.54 bits per heavy atom. The second-order valence-corrected chi connectivity index (χ2v) is 7.80. The molecule has 0 aliphatic carbocycles. The van der Waals surface area contributed by atoms with Crippen molar-refractivity contribution in [2.45, 2.75) is 32.9 Å². The summed E-state index contributed by atoms with van der Waals surface area (Å²) in [5.41, 5.74) is 6.61. The van der Waals surface area contributed by atoms with Crippen LogP contribution < -0.4 is 11.1 Å². The van der Waals surface area contributed by atoms with Crippen LogP contribution in [-0.2, 0) is 9.59 Å². The van der Waals surface area contributed by atoms with Crippen LogP contribution in [0.2, 0.25) is 0 Å². The van der Waals surface area contributed by atoms with Crippen molar-refractivity contribution in [1.29, 1.82) is 0 Å². The number of thioether (sulfide) groups is 1. The number of nitrogens with zero attached hydrogens (tertiary/aromatic N) is 1. The van der Waals surface area contributed by atoms with E-state index in [0.29, 0.717) is 18.2 Å². The number of halogens is 1. The Labute approximate surface area is 154 Å². The third-order valence-corrected chi connectivity index (χ3v) is 4.82. The van der Waals surface area contributed by atoms with Gasteiger partial charge in [-0.3, -0.25) is 9.59 Å². The van der Waals surface area contributed by atoms with Crippen molar-refractivity contribution in [3.8, 4) is 0 Å². The molecule has 1 fully saturated rings. The maximum Gasteiger partial charge on any atom is 0.243 e. The zero-order chi connectivity index (χ0) is 17.0. The maximum absolute atomic E-state index is 12.4. The van der Waals surface area contributed by atoms with E-state index in [-0.39, 0.29) is 30.3 Å². The minimum atomic E-state index is -0.482. The summed E-state index contributed by atoms with van der Waals surface area (Å²) in [7, 11) is 0. The number of carbonyl (C=O) groups excluding carboxylic acids is 2. The van der Waals surface area contributed by atoms with Crippen LogP contribution >= 0.6 is 24.2 Å². The van der Waals surface area contributed by atoms with Gasteiger partial charge in [-0.1, -0.05) is 51.1 Å². The summed E-state index contributed by atoms with van der Waals surface area (Å²) in [5, 5.41) is 2.89. The molecule has 0 spiro atoms.